The zero-order chi connectivity index (χ0) is 16.6. The Morgan fingerprint density at radius 1 is 0.609 bits per heavy atom. The molecule has 1 aliphatic heterocycles. The summed E-state index contributed by atoms with van der Waals surface area (Å²) in [5.74, 6) is 1.11. The summed E-state index contributed by atoms with van der Waals surface area (Å²) in [6, 6.07) is 0. The van der Waals surface area contributed by atoms with E-state index >= 15 is 0 Å². The van der Waals surface area contributed by atoms with Gasteiger partial charge in [0.2, 0.25) is 0 Å². The summed E-state index contributed by atoms with van der Waals surface area (Å²) in [5.41, 5.74) is 1.13. The van der Waals surface area contributed by atoms with Gasteiger partial charge in [-0.15, -0.1) is 8.58 Å². The van der Waals surface area contributed by atoms with Gasteiger partial charge in [0.1, 0.15) is 0 Å². The summed E-state index contributed by atoms with van der Waals surface area (Å²) in [6.07, 6.45) is 27.1. The van der Waals surface area contributed by atoms with Crippen LogP contribution in [0.5, 0.6) is 0 Å². The average molecular weight is 341 g/mol. The molecule has 2 fully saturated rings. The summed E-state index contributed by atoms with van der Waals surface area (Å²) in [5, 5.41) is 0. The Bertz CT molecular complexity index is 194. The predicted molar refractivity (Wildman–Crippen MR) is 110 cm³/mol. The van der Waals surface area contributed by atoms with Crippen molar-refractivity contribution < 1.29 is 0 Å². The molecule has 1 heteroatoms. The minimum absolute atomic E-state index is 1.11. The lowest BCUT2D eigenvalue weighted by Gasteiger charge is -2.27. The molecule has 0 spiro atoms. The third-order valence-corrected chi connectivity index (χ3v) is 7.70. The predicted octanol–water partition coefficient (Wildman–Crippen LogP) is 8.33. The van der Waals surface area contributed by atoms with Crippen molar-refractivity contribution in [2.75, 3.05) is 6.16 Å². The van der Waals surface area contributed by atoms with E-state index in [1.807, 2.05) is 0 Å². The molecule has 0 aromatic rings. The van der Waals surface area contributed by atoms with Crippen molar-refractivity contribution in [2.24, 2.45) is 5.92 Å². The van der Waals surface area contributed by atoms with Gasteiger partial charge in [0.25, 0.3) is 0 Å². The quantitative estimate of drug-likeness (QED) is 0.453. The maximum Gasteiger partial charge on any atom is -0.0208 e. The van der Waals surface area contributed by atoms with E-state index in [2.05, 4.69) is 13.8 Å². The van der Waals surface area contributed by atoms with E-state index in [1.165, 1.54) is 98.5 Å². The van der Waals surface area contributed by atoms with Crippen molar-refractivity contribution in [3.8, 4) is 0 Å². The first-order valence-corrected chi connectivity index (χ1v) is 12.4. The molecule has 2 aliphatic rings. The maximum absolute atomic E-state index is 2.21. The van der Waals surface area contributed by atoms with Gasteiger partial charge in [-0.1, -0.05) is 97.3 Å². The normalized spacial score (nSPS) is 26.6. The fourth-order valence-corrected chi connectivity index (χ4v) is 6.13. The van der Waals surface area contributed by atoms with Gasteiger partial charge in [-0.2, -0.15) is 0 Å². The number of unbranched alkanes of at least 4 members (excludes halogenated alkanes) is 2. The molecule has 2 rings (SSSR count). The minimum atomic E-state index is 1.11. The first kappa shape index (κ1) is 21.5. The Morgan fingerprint density at radius 2 is 1.09 bits per heavy atom. The van der Waals surface area contributed by atoms with Crippen LogP contribution in [0.3, 0.4) is 0 Å². The Morgan fingerprint density at radius 3 is 1.61 bits per heavy atom. The molecule has 2 atom stereocenters. The molecular formula is C22H45P. The van der Waals surface area contributed by atoms with Gasteiger partial charge in [0.15, 0.2) is 0 Å². The van der Waals surface area contributed by atoms with Crippen LogP contribution in [0.25, 0.3) is 0 Å². The summed E-state index contributed by atoms with van der Waals surface area (Å²) in [7, 11) is 1.30. The molecule has 0 amide bonds. The van der Waals surface area contributed by atoms with Crippen LogP contribution in [0.4, 0.5) is 0 Å². The second-order valence-electron chi connectivity index (χ2n) is 7.93. The van der Waals surface area contributed by atoms with Crippen molar-refractivity contribution in [3.05, 3.63) is 0 Å². The molecule has 0 radical (unpaired) electrons. The van der Waals surface area contributed by atoms with E-state index in [0.29, 0.717) is 0 Å². The Labute approximate surface area is 149 Å². The van der Waals surface area contributed by atoms with Crippen LogP contribution in [-0.2, 0) is 0 Å². The average Bonchev–Trinajstić information content (AvgIpc) is 2.79. The fraction of sp³-hybridized carbons (Fsp3) is 1.00. The van der Waals surface area contributed by atoms with E-state index in [9.17, 15) is 0 Å². The van der Waals surface area contributed by atoms with Gasteiger partial charge in [-0.05, 0) is 43.4 Å². The molecular weight excluding hydrogens is 295 g/mol. The van der Waals surface area contributed by atoms with Crippen molar-refractivity contribution >= 4 is 8.58 Å². The molecule has 0 nitrogen and oxygen atoms in total. The lowest BCUT2D eigenvalue weighted by atomic mass is 9.90. The van der Waals surface area contributed by atoms with Crippen molar-refractivity contribution in [1.29, 1.82) is 0 Å². The van der Waals surface area contributed by atoms with Gasteiger partial charge in [-0.25, -0.2) is 0 Å². The summed E-state index contributed by atoms with van der Waals surface area (Å²) >= 11 is 0. The molecule has 1 saturated carbocycles. The highest BCUT2D eigenvalue weighted by Gasteiger charge is 2.21. The van der Waals surface area contributed by atoms with E-state index < -0.39 is 0 Å². The first-order valence-electron chi connectivity index (χ1n) is 11.1. The van der Waals surface area contributed by atoms with E-state index in [0.717, 1.165) is 11.6 Å². The van der Waals surface area contributed by atoms with Gasteiger partial charge in [-0.3, -0.25) is 0 Å². The van der Waals surface area contributed by atoms with Crippen LogP contribution >= 0.6 is 8.58 Å². The summed E-state index contributed by atoms with van der Waals surface area (Å²) in [4.78, 5) is 0. The molecule has 1 aliphatic carbocycles. The molecule has 0 N–H and O–H groups in total. The van der Waals surface area contributed by atoms with Crippen LogP contribution in [-0.4, -0.2) is 11.8 Å². The van der Waals surface area contributed by atoms with Gasteiger partial charge < -0.3 is 0 Å². The molecule has 0 aromatic carbocycles. The second-order valence-corrected chi connectivity index (χ2v) is 9.58. The molecule has 1 saturated heterocycles. The zero-order valence-corrected chi connectivity index (χ0v) is 17.4. The Kier molecular flexibility index (Phi) is 14.9. The van der Waals surface area contributed by atoms with Gasteiger partial charge >= 0.3 is 0 Å². The highest BCUT2D eigenvalue weighted by Crippen LogP contribution is 2.38. The van der Waals surface area contributed by atoms with Crippen LogP contribution in [0.2, 0.25) is 0 Å². The van der Waals surface area contributed by atoms with Gasteiger partial charge in [0, 0.05) is 0 Å². The van der Waals surface area contributed by atoms with E-state index in [4.69, 9.17) is 0 Å². The molecule has 23 heavy (non-hydrogen) atoms. The highest BCUT2D eigenvalue weighted by atomic mass is 31.1. The summed E-state index contributed by atoms with van der Waals surface area (Å²) < 4.78 is 0. The third-order valence-electron chi connectivity index (χ3n) is 5.77. The summed E-state index contributed by atoms with van der Waals surface area (Å²) in [6.45, 7) is 4.42. The molecule has 0 bridgehead atoms. The molecule has 0 aromatic heterocycles. The smallest absolute Gasteiger partial charge is 0.0208 e. The number of hydrogen-bond acceptors (Lipinski definition) is 0. The lowest BCUT2D eigenvalue weighted by Crippen LogP contribution is -2.17. The molecule has 138 valence electrons. The largest absolute Gasteiger partial charge is 0.119 e. The topological polar surface area (TPSA) is 0 Å². The monoisotopic (exact) mass is 340 g/mol. The van der Waals surface area contributed by atoms with Crippen molar-refractivity contribution in [3.63, 3.8) is 0 Å². The number of rotatable bonds is 3. The standard InChI is InChI=1S/C17H33P.C5H12/c1-2-5-9-13-16(12-8-4-1)17-14-10-6-3-7-11-15-18-17;1-3-5-4-2/h16-18H,1-15H2;3-5H2,1-2H3. The first-order chi connectivity index (χ1) is 11.4. The van der Waals surface area contributed by atoms with E-state index in [1.54, 1.807) is 25.4 Å². The Hall–Kier alpha value is 0.430. The van der Waals surface area contributed by atoms with Crippen LogP contribution < -0.4 is 0 Å². The zero-order valence-electron chi connectivity index (χ0n) is 16.4. The van der Waals surface area contributed by atoms with Gasteiger partial charge in [0.05, 0.1) is 0 Å². The number of hydrogen-bond donors (Lipinski definition) is 0. The van der Waals surface area contributed by atoms with Crippen molar-refractivity contribution in [2.45, 2.75) is 129 Å². The SMILES string of the molecule is C1CCCCC(C2CCCCCCCP2)CCC1.CCCCC. The third kappa shape index (κ3) is 11.6. The van der Waals surface area contributed by atoms with Crippen LogP contribution in [0, 0.1) is 5.92 Å². The fourth-order valence-electron chi connectivity index (χ4n) is 4.23. The molecule has 2 unspecified atom stereocenters. The highest BCUT2D eigenvalue weighted by molar-refractivity contribution is 7.38. The van der Waals surface area contributed by atoms with Crippen molar-refractivity contribution in [1.82, 2.24) is 0 Å². The van der Waals surface area contributed by atoms with Crippen LogP contribution in [0.1, 0.15) is 123 Å². The molecule has 1 heterocycles. The Balaban J connectivity index is 0.000000463. The minimum Gasteiger partial charge on any atom is -0.119 e. The second kappa shape index (κ2) is 15.9. The lowest BCUT2D eigenvalue weighted by molar-refractivity contribution is 0.392. The maximum atomic E-state index is 2.21. The van der Waals surface area contributed by atoms with Crippen LogP contribution in [0.15, 0.2) is 0 Å². The van der Waals surface area contributed by atoms with E-state index in [-0.39, 0.29) is 0 Å².